The first-order valence-electron chi connectivity index (χ1n) is 11.6. The Morgan fingerprint density at radius 2 is 1.65 bits per heavy atom. The molecule has 186 valence electrons. The molecule has 1 N–H and O–H groups in total. The number of carbonyl (C=O) groups excluding carboxylic acids is 2. The Balaban J connectivity index is 2.35. The molecule has 0 saturated heterocycles. The van der Waals surface area contributed by atoms with Gasteiger partial charge >= 0.3 is 0 Å². The maximum Gasteiger partial charge on any atom is 0.244 e. The number of nitrogens with one attached hydrogen (secondary N) is 1. The molecule has 34 heavy (non-hydrogen) atoms. The van der Waals surface area contributed by atoms with Crippen LogP contribution in [0.4, 0.5) is 5.69 Å². The van der Waals surface area contributed by atoms with E-state index in [1.807, 2.05) is 64.1 Å². The van der Waals surface area contributed by atoms with Crippen molar-refractivity contribution in [2.45, 2.75) is 59.5 Å². The van der Waals surface area contributed by atoms with Crippen molar-refractivity contribution < 1.29 is 18.0 Å². The number of amides is 2. The van der Waals surface area contributed by atoms with Crippen LogP contribution in [-0.4, -0.2) is 56.6 Å². The van der Waals surface area contributed by atoms with Gasteiger partial charge < -0.3 is 10.2 Å². The summed E-state index contributed by atoms with van der Waals surface area (Å²) in [4.78, 5) is 27.9. The van der Waals surface area contributed by atoms with Crippen molar-refractivity contribution in [1.29, 1.82) is 0 Å². The minimum Gasteiger partial charge on any atom is -0.352 e. The zero-order valence-corrected chi connectivity index (χ0v) is 21.9. The van der Waals surface area contributed by atoms with Crippen LogP contribution in [0.1, 0.15) is 43.9 Å². The first-order chi connectivity index (χ1) is 16.0. The van der Waals surface area contributed by atoms with E-state index in [0.717, 1.165) is 33.7 Å². The molecule has 0 radical (unpaired) electrons. The van der Waals surface area contributed by atoms with Crippen LogP contribution in [0.3, 0.4) is 0 Å². The predicted octanol–water partition coefficient (Wildman–Crippen LogP) is 3.44. The molecule has 0 bridgehead atoms. The molecular formula is C26H37N3O4S. The Labute approximate surface area is 204 Å². The summed E-state index contributed by atoms with van der Waals surface area (Å²) in [6.45, 7) is 9.22. The standard InChI is InChI=1S/C26H37N3O4S/c1-7-20(3)27-26(31)22(5)28(17-16-23-13-9-8-10-14-23)25(30)18-29(34(6,32)33)24-15-11-12-19(2)21(24)4/h8-15,20,22H,7,16-18H2,1-6H3,(H,27,31)/t20-,22+/m0/s1. The number of anilines is 1. The maximum absolute atomic E-state index is 13.5. The van der Waals surface area contributed by atoms with Crippen LogP contribution in [0.15, 0.2) is 48.5 Å². The van der Waals surface area contributed by atoms with Gasteiger partial charge in [0.05, 0.1) is 11.9 Å². The Hall–Kier alpha value is -2.87. The highest BCUT2D eigenvalue weighted by Gasteiger charge is 2.30. The van der Waals surface area contributed by atoms with Crippen molar-refractivity contribution in [1.82, 2.24) is 10.2 Å². The molecule has 2 amide bonds. The lowest BCUT2D eigenvalue weighted by Gasteiger charge is -2.32. The number of carbonyl (C=O) groups is 2. The third kappa shape index (κ3) is 7.32. The lowest BCUT2D eigenvalue weighted by molar-refractivity contribution is -0.139. The number of hydrogen-bond acceptors (Lipinski definition) is 4. The van der Waals surface area contributed by atoms with Gasteiger partial charge in [0.25, 0.3) is 0 Å². The van der Waals surface area contributed by atoms with Gasteiger partial charge in [-0.05, 0) is 63.3 Å². The van der Waals surface area contributed by atoms with Crippen LogP contribution in [0.5, 0.6) is 0 Å². The van der Waals surface area contributed by atoms with Crippen molar-refractivity contribution in [2.24, 2.45) is 0 Å². The molecule has 0 fully saturated rings. The Morgan fingerprint density at radius 3 is 2.24 bits per heavy atom. The molecule has 2 atom stereocenters. The third-order valence-electron chi connectivity index (χ3n) is 6.18. The van der Waals surface area contributed by atoms with E-state index in [4.69, 9.17) is 0 Å². The van der Waals surface area contributed by atoms with Crippen LogP contribution < -0.4 is 9.62 Å². The van der Waals surface area contributed by atoms with E-state index in [2.05, 4.69) is 5.32 Å². The predicted molar refractivity (Wildman–Crippen MR) is 137 cm³/mol. The molecule has 0 aliphatic heterocycles. The highest BCUT2D eigenvalue weighted by atomic mass is 32.2. The molecule has 0 aromatic heterocycles. The van der Waals surface area contributed by atoms with Gasteiger partial charge in [0.2, 0.25) is 21.8 Å². The number of hydrogen-bond donors (Lipinski definition) is 1. The van der Waals surface area contributed by atoms with Gasteiger partial charge in [-0.3, -0.25) is 13.9 Å². The Bertz CT molecular complexity index is 1090. The second kappa shape index (κ2) is 12.0. The topological polar surface area (TPSA) is 86.8 Å². The highest BCUT2D eigenvalue weighted by Crippen LogP contribution is 2.25. The summed E-state index contributed by atoms with van der Waals surface area (Å²) >= 11 is 0. The minimum absolute atomic E-state index is 0.0245. The maximum atomic E-state index is 13.5. The van der Waals surface area contributed by atoms with E-state index in [1.165, 1.54) is 4.90 Å². The molecule has 2 aromatic rings. The van der Waals surface area contributed by atoms with Gasteiger partial charge in [-0.15, -0.1) is 0 Å². The number of nitrogens with zero attached hydrogens (tertiary/aromatic N) is 2. The highest BCUT2D eigenvalue weighted by molar-refractivity contribution is 7.92. The van der Waals surface area contributed by atoms with Gasteiger partial charge in [0.15, 0.2) is 0 Å². The van der Waals surface area contributed by atoms with Crippen LogP contribution >= 0.6 is 0 Å². The monoisotopic (exact) mass is 487 g/mol. The zero-order chi connectivity index (χ0) is 25.5. The molecule has 0 aliphatic carbocycles. The van der Waals surface area contributed by atoms with Crippen molar-refractivity contribution in [3.8, 4) is 0 Å². The van der Waals surface area contributed by atoms with Crippen LogP contribution in [0.25, 0.3) is 0 Å². The fourth-order valence-corrected chi connectivity index (χ4v) is 4.54. The summed E-state index contributed by atoms with van der Waals surface area (Å²) in [6, 6.07) is 14.3. The van der Waals surface area contributed by atoms with Gasteiger partial charge in [0.1, 0.15) is 12.6 Å². The molecule has 0 unspecified atom stereocenters. The minimum atomic E-state index is -3.74. The van der Waals surface area contributed by atoms with Gasteiger partial charge in [0, 0.05) is 12.6 Å². The third-order valence-corrected chi connectivity index (χ3v) is 7.30. The summed E-state index contributed by atoms with van der Waals surface area (Å²) in [7, 11) is -3.74. The molecule has 2 rings (SSSR count). The van der Waals surface area contributed by atoms with Crippen molar-refractivity contribution in [3.05, 3.63) is 65.2 Å². The van der Waals surface area contributed by atoms with Gasteiger partial charge in [-0.1, -0.05) is 49.4 Å². The Kier molecular flexibility index (Phi) is 9.67. The second-order valence-corrected chi connectivity index (χ2v) is 10.7. The van der Waals surface area contributed by atoms with Crippen molar-refractivity contribution >= 4 is 27.5 Å². The van der Waals surface area contributed by atoms with Crippen LogP contribution in [0, 0.1) is 13.8 Å². The van der Waals surface area contributed by atoms with Gasteiger partial charge in [-0.25, -0.2) is 8.42 Å². The fourth-order valence-electron chi connectivity index (χ4n) is 3.64. The second-order valence-electron chi connectivity index (χ2n) is 8.81. The normalized spacial score (nSPS) is 13.1. The number of rotatable bonds is 11. The average molecular weight is 488 g/mol. The van der Waals surface area contributed by atoms with Gasteiger partial charge in [-0.2, -0.15) is 0 Å². The zero-order valence-electron chi connectivity index (χ0n) is 21.0. The molecular weight excluding hydrogens is 450 g/mol. The smallest absolute Gasteiger partial charge is 0.244 e. The van der Waals surface area contributed by atoms with Crippen molar-refractivity contribution in [2.75, 3.05) is 23.7 Å². The quantitative estimate of drug-likeness (QED) is 0.526. The first-order valence-corrected chi connectivity index (χ1v) is 13.5. The Morgan fingerprint density at radius 1 is 1.00 bits per heavy atom. The number of aryl methyl sites for hydroxylation is 1. The lowest BCUT2D eigenvalue weighted by atomic mass is 10.1. The molecule has 8 heteroatoms. The van der Waals surface area contributed by atoms with E-state index in [-0.39, 0.29) is 18.5 Å². The first kappa shape index (κ1) is 27.4. The van der Waals surface area contributed by atoms with E-state index < -0.39 is 22.0 Å². The molecule has 0 aliphatic rings. The van der Waals surface area contributed by atoms with Crippen molar-refractivity contribution in [3.63, 3.8) is 0 Å². The van der Waals surface area contributed by atoms with E-state index in [0.29, 0.717) is 18.7 Å². The lowest BCUT2D eigenvalue weighted by Crippen LogP contribution is -2.53. The molecule has 2 aromatic carbocycles. The largest absolute Gasteiger partial charge is 0.352 e. The van der Waals surface area contributed by atoms with Crippen LogP contribution in [0.2, 0.25) is 0 Å². The van der Waals surface area contributed by atoms with Crippen LogP contribution in [-0.2, 0) is 26.0 Å². The number of sulfonamides is 1. The van der Waals surface area contributed by atoms with E-state index in [9.17, 15) is 18.0 Å². The van der Waals surface area contributed by atoms with E-state index in [1.54, 1.807) is 19.1 Å². The summed E-state index contributed by atoms with van der Waals surface area (Å²) in [5.74, 6) is -0.678. The number of benzene rings is 2. The summed E-state index contributed by atoms with van der Waals surface area (Å²) in [5.41, 5.74) is 3.22. The summed E-state index contributed by atoms with van der Waals surface area (Å²) < 4.78 is 26.5. The van der Waals surface area contributed by atoms with E-state index >= 15 is 0 Å². The molecule has 0 heterocycles. The summed E-state index contributed by atoms with van der Waals surface area (Å²) in [6.07, 6.45) is 2.41. The summed E-state index contributed by atoms with van der Waals surface area (Å²) in [5, 5.41) is 2.93. The molecule has 7 nitrogen and oxygen atoms in total. The fraction of sp³-hybridized carbons (Fsp3) is 0.462. The molecule has 0 saturated carbocycles. The molecule has 0 spiro atoms. The SMILES string of the molecule is CC[C@H](C)NC(=O)[C@@H](C)N(CCc1ccccc1)C(=O)CN(c1cccc(C)c1C)S(C)(=O)=O. The average Bonchev–Trinajstić information content (AvgIpc) is 2.79.